The number of hydrogen-bond donors (Lipinski definition) is 2. The van der Waals surface area contributed by atoms with Crippen LogP contribution in [0.2, 0.25) is 5.02 Å². The molecule has 0 amide bonds. The van der Waals surface area contributed by atoms with Crippen molar-refractivity contribution in [2.24, 2.45) is 5.92 Å². The number of rotatable bonds is 3. The summed E-state index contributed by atoms with van der Waals surface area (Å²) in [7, 11) is 0. The van der Waals surface area contributed by atoms with Gasteiger partial charge in [0.1, 0.15) is 0 Å². The Morgan fingerprint density at radius 2 is 2.35 bits per heavy atom. The Morgan fingerprint density at radius 3 is 2.94 bits per heavy atom. The van der Waals surface area contributed by atoms with Crippen molar-refractivity contribution in [2.45, 2.75) is 31.8 Å². The lowest BCUT2D eigenvalue weighted by atomic mass is 9.76. The highest BCUT2D eigenvalue weighted by molar-refractivity contribution is 6.30. The summed E-state index contributed by atoms with van der Waals surface area (Å²) in [6.45, 7) is 3.98. The molecule has 1 aromatic carbocycles. The van der Waals surface area contributed by atoms with E-state index in [1.165, 1.54) is 0 Å². The van der Waals surface area contributed by atoms with Gasteiger partial charge in [-0.25, -0.2) is 0 Å². The predicted octanol–water partition coefficient (Wildman–Crippen LogP) is 2.94. The van der Waals surface area contributed by atoms with E-state index in [1.54, 1.807) is 0 Å². The van der Waals surface area contributed by atoms with Gasteiger partial charge < -0.3 is 10.4 Å². The predicted molar refractivity (Wildman–Crippen MR) is 71.2 cm³/mol. The SMILES string of the molecule is CC[C@@](O)(c1cccc(Cl)c1)C1CCCNC1. The first-order valence-corrected chi connectivity index (χ1v) is 6.73. The molecule has 1 saturated heterocycles. The van der Waals surface area contributed by atoms with E-state index < -0.39 is 5.60 Å². The van der Waals surface area contributed by atoms with E-state index in [9.17, 15) is 5.11 Å². The van der Waals surface area contributed by atoms with Crippen LogP contribution < -0.4 is 5.32 Å². The van der Waals surface area contributed by atoms with Crippen molar-refractivity contribution < 1.29 is 5.11 Å². The Bertz CT molecular complexity index is 376. The van der Waals surface area contributed by atoms with Crippen LogP contribution in [0.4, 0.5) is 0 Å². The Kier molecular flexibility index (Phi) is 4.08. The molecule has 1 heterocycles. The van der Waals surface area contributed by atoms with E-state index in [0.29, 0.717) is 5.02 Å². The Labute approximate surface area is 108 Å². The summed E-state index contributed by atoms with van der Waals surface area (Å²) in [5, 5.41) is 15.0. The minimum Gasteiger partial charge on any atom is -0.385 e. The number of halogens is 1. The monoisotopic (exact) mass is 253 g/mol. The van der Waals surface area contributed by atoms with E-state index in [-0.39, 0.29) is 5.92 Å². The molecule has 0 bridgehead atoms. The Morgan fingerprint density at radius 1 is 1.53 bits per heavy atom. The van der Waals surface area contributed by atoms with Crippen LogP contribution in [0.3, 0.4) is 0 Å². The normalized spacial score (nSPS) is 24.3. The molecule has 1 aliphatic heterocycles. The van der Waals surface area contributed by atoms with Crippen LogP contribution in [-0.2, 0) is 5.60 Å². The molecule has 0 aromatic heterocycles. The van der Waals surface area contributed by atoms with Crippen LogP contribution in [0, 0.1) is 5.92 Å². The summed E-state index contributed by atoms with van der Waals surface area (Å²) < 4.78 is 0. The first-order chi connectivity index (χ1) is 8.16. The van der Waals surface area contributed by atoms with Gasteiger partial charge in [-0.3, -0.25) is 0 Å². The van der Waals surface area contributed by atoms with Crippen LogP contribution >= 0.6 is 11.6 Å². The Hall–Kier alpha value is -0.570. The molecular weight excluding hydrogens is 234 g/mol. The van der Waals surface area contributed by atoms with Gasteiger partial charge >= 0.3 is 0 Å². The van der Waals surface area contributed by atoms with Crippen LogP contribution in [0.25, 0.3) is 0 Å². The van der Waals surface area contributed by atoms with Crippen molar-refractivity contribution >= 4 is 11.6 Å². The smallest absolute Gasteiger partial charge is 0.0934 e. The highest BCUT2D eigenvalue weighted by Gasteiger charge is 2.37. The van der Waals surface area contributed by atoms with Gasteiger partial charge in [0, 0.05) is 17.5 Å². The maximum Gasteiger partial charge on any atom is 0.0934 e. The zero-order valence-corrected chi connectivity index (χ0v) is 11.0. The molecule has 3 heteroatoms. The summed E-state index contributed by atoms with van der Waals surface area (Å²) in [6, 6.07) is 7.62. The Balaban J connectivity index is 2.29. The molecule has 0 saturated carbocycles. The van der Waals surface area contributed by atoms with Gasteiger partial charge in [0.15, 0.2) is 0 Å². The number of piperidine rings is 1. The van der Waals surface area contributed by atoms with Crippen LogP contribution in [-0.4, -0.2) is 18.2 Å². The highest BCUT2D eigenvalue weighted by Crippen LogP contribution is 2.37. The first-order valence-electron chi connectivity index (χ1n) is 6.36. The maximum absolute atomic E-state index is 10.9. The fourth-order valence-electron chi connectivity index (χ4n) is 2.75. The zero-order valence-electron chi connectivity index (χ0n) is 10.2. The second-order valence-electron chi connectivity index (χ2n) is 4.83. The molecule has 0 radical (unpaired) electrons. The molecule has 94 valence electrons. The minimum absolute atomic E-state index is 0.278. The van der Waals surface area contributed by atoms with Crippen molar-refractivity contribution in [3.63, 3.8) is 0 Å². The van der Waals surface area contributed by atoms with Crippen molar-refractivity contribution in [1.29, 1.82) is 0 Å². The van der Waals surface area contributed by atoms with Crippen molar-refractivity contribution in [1.82, 2.24) is 5.32 Å². The molecule has 2 N–H and O–H groups in total. The van der Waals surface area contributed by atoms with E-state index >= 15 is 0 Å². The molecule has 1 unspecified atom stereocenters. The van der Waals surface area contributed by atoms with E-state index in [4.69, 9.17) is 11.6 Å². The summed E-state index contributed by atoms with van der Waals surface area (Å²) in [6.07, 6.45) is 2.93. The summed E-state index contributed by atoms with van der Waals surface area (Å²) in [5.74, 6) is 0.278. The van der Waals surface area contributed by atoms with Gasteiger partial charge in [0.2, 0.25) is 0 Å². The average Bonchev–Trinajstić information content (AvgIpc) is 2.39. The van der Waals surface area contributed by atoms with Crippen molar-refractivity contribution in [2.75, 3.05) is 13.1 Å². The number of aliphatic hydroxyl groups is 1. The summed E-state index contributed by atoms with van der Waals surface area (Å²) in [5.41, 5.74) is 0.194. The van der Waals surface area contributed by atoms with Gasteiger partial charge in [-0.2, -0.15) is 0 Å². The molecular formula is C14H20ClNO. The van der Waals surface area contributed by atoms with Crippen LogP contribution in [0.15, 0.2) is 24.3 Å². The van der Waals surface area contributed by atoms with Gasteiger partial charge in [-0.1, -0.05) is 30.7 Å². The summed E-state index contributed by atoms with van der Waals surface area (Å²) >= 11 is 6.02. The number of benzene rings is 1. The highest BCUT2D eigenvalue weighted by atomic mass is 35.5. The second-order valence-corrected chi connectivity index (χ2v) is 5.27. The average molecular weight is 254 g/mol. The minimum atomic E-state index is -0.752. The maximum atomic E-state index is 10.9. The quantitative estimate of drug-likeness (QED) is 0.868. The van der Waals surface area contributed by atoms with Crippen LogP contribution in [0.1, 0.15) is 31.7 Å². The molecule has 2 nitrogen and oxygen atoms in total. The molecule has 0 spiro atoms. The van der Waals surface area contributed by atoms with Crippen molar-refractivity contribution in [3.05, 3.63) is 34.9 Å². The van der Waals surface area contributed by atoms with Gasteiger partial charge in [0.05, 0.1) is 5.60 Å². The molecule has 1 aromatic rings. The first kappa shape index (κ1) is 12.9. The van der Waals surface area contributed by atoms with E-state index in [2.05, 4.69) is 5.32 Å². The topological polar surface area (TPSA) is 32.3 Å². The molecule has 2 atom stereocenters. The third kappa shape index (κ3) is 2.65. The second kappa shape index (κ2) is 5.38. The fourth-order valence-corrected chi connectivity index (χ4v) is 2.94. The van der Waals surface area contributed by atoms with Gasteiger partial charge in [-0.05, 0) is 43.5 Å². The largest absolute Gasteiger partial charge is 0.385 e. The standard InChI is InChI=1S/C14H20ClNO/c1-2-14(17,12-6-4-8-16-10-12)11-5-3-7-13(15)9-11/h3,5,7,9,12,16-17H,2,4,6,8,10H2,1H3/t12?,14-/m1/s1. The molecule has 1 fully saturated rings. The van der Waals surface area contributed by atoms with E-state index in [0.717, 1.165) is 37.9 Å². The molecule has 17 heavy (non-hydrogen) atoms. The lowest BCUT2D eigenvalue weighted by Crippen LogP contribution is -2.43. The van der Waals surface area contributed by atoms with Gasteiger partial charge in [0.25, 0.3) is 0 Å². The number of nitrogens with one attached hydrogen (secondary N) is 1. The lowest BCUT2D eigenvalue weighted by molar-refractivity contribution is -0.0366. The molecule has 2 rings (SSSR count). The lowest BCUT2D eigenvalue weighted by Gasteiger charge is -2.38. The van der Waals surface area contributed by atoms with Crippen molar-refractivity contribution in [3.8, 4) is 0 Å². The molecule has 0 aliphatic carbocycles. The fraction of sp³-hybridized carbons (Fsp3) is 0.571. The molecule has 1 aliphatic rings. The zero-order chi connectivity index (χ0) is 12.3. The third-order valence-corrected chi connectivity index (χ3v) is 4.07. The van der Waals surface area contributed by atoms with E-state index in [1.807, 2.05) is 31.2 Å². The third-order valence-electron chi connectivity index (χ3n) is 3.84. The number of hydrogen-bond acceptors (Lipinski definition) is 2. The van der Waals surface area contributed by atoms with Gasteiger partial charge in [-0.15, -0.1) is 0 Å². The summed E-state index contributed by atoms with van der Waals surface area (Å²) in [4.78, 5) is 0. The van der Waals surface area contributed by atoms with Crippen LogP contribution in [0.5, 0.6) is 0 Å².